The summed E-state index contributed by atoms with van der Waals surface area (Å²) in [4.78, 5) is 12.5. The van der Waals surface area contributed by atoms with Crippen molar-refractivity contribution in [1.29, 1.82) is 0 Å². The third kappa shape index (κ3) is 4.50. The number of rotatable bonds is 6. The van der Waals surface area contributed by atoms with E-state index in [4.69, 9.17) is 23.8 Å². The van der Waals surface area contributed by atoms with Crippen LogP contribution in [0, 0.1) is 11.7 Å². The normalized spacial score (nSPS) is 10.9. The Morgan fingerprint density at radius 1 is 1.23 bits per heavy atom. The van der Waals surface area contributed by atoms with Crippen LogP contribution in [0.5, 0.6) is 0 Å². The summed E-state index contributed by atoms with van der Waals surface area (Å²) in [5, 5.41) is 15.0. The van der Waals surface area contributed by atoms with Gasteiger partial charge in [0, 0.05) is 28.9 Å². The largest absolute Gasteiger partial charge is 0.350 e. The summed E-state index contributed by atoms with van der Waals surface area (Å²) in [5.41, 5.74) is 3.78. The molecular formula is C21H19ClN6OS. The van der Waals surface area contributed by atoms with Crippen LogP contribution in [0.1, 0.15) is 11.1 Å². The second-order valence-corrected chi connectivity index (χ2v) is 7.68. The number of hydrogen-bond acceptors (Lipinski definition) is 4. The van der Waals surface area contributed by atoms with Crippen molar-refractivity contribution in [3.63, 3.8) is 0 Å². The average molecular weight is 439 g/mol. The van der Waals surface area contributed by atoms with E-state index in [-0.39, 0.29) is 12.5 Å². The minimum atomic E-state index is -0.166. The topological polar surface area (TPSA) is 80.5 Å². The molecule has 0 unspecified atom stereocenters. The van der Waals surface area contributed by atoms with Gasteiger partial charge in [-0.1, -0.05) is 35.4 Å². The number of carbonyl (C=O) groups excluding carboxylic acids is 1. The van der Waals surface area contributed by atoms with Crippen LogP contribution in [0.25, 0.3) is 17.1 Å². The zero-order valence-electron chi connectivity index (χ0n) is 16.2. The van der Waals surface area contributed by atoms with Crippen LogP contribution >= 0.6 is 23.8 Å². The van der Waals surface area contributed by atoms with Gasteiger partial charge in [-0.15, -0.1) is 0 Å². The smallest absolute Gasteiger partial charge is 0.240 e. The molecule has 30 heavy (non-hydrogen) atoms. The van der Waals surface area contributed by atoms with Gasteiger partial charge in [-0.3, -0.25) is 14.5 Å². The second kappa shape index (κ2) is 8.64. The molecule has 0 aliphatic heterocycles. The van der Waals surface area contributed by atoms with Crippen molar-refractivity contribution in [2.45, 2.75) is 20.0 Å². The summed E-state index contributed by atoms with van der Waals surface area (Å²) in [7, 11) is 0. The molecule has 2 N–H and O–H groups in total. The Balaban J connectivity index is 1.42. The fraction of sp³-hybridized carbons (Fsp3) is 0.143. The molecule has 0 aliphatic carbocycles. The molecule has 7 nitrogen and oxygen atoms in total. The number of hydrogen-bond donors (Lipinski definition) is 2. The van der Waals surface area contributed by atoms with Gasteiger partial charge < -0.3 is 5.32 Å². The monoisotopic (exact) mass is 438 g/mol. The Morgan fingerprint density at radius 2 is 2.03 bits per heavy atom. The number of aryl methyl sites for hydroxylation is 1. The highest BCUT2D eigenvalue weighted by molar-refractivity contribution is 7.71. The SMILES string of the molecule is Cc1cccc(-c2n[nH]c(=S)n2CC(=O)NCc2cnn(-c3ccc(Cl)cc3)c2)c1. The maximum Gasteiger partial charge on any atom is 0.240 e. The first-order valence-corrected chi connectivity index (χ1v) is 10.1. The van der Waals surface area contributed by atoms with E-state index in [1.807, 2.05) is 49.5 Å². The first kappa shape index (κ1) is 20.1. The van der Waals surface area contributed by atoms with Gasteiger partial charge in [-0.2, -0.15) is 10.2 Å². The first-order chi connectivity index (χ1) is 14.5. The molecule has 1 amide bonds. The fourth-order valence-electron chi connectivity index (χ4n) is 3.06. The maximum absolute atomic E-state index is 12.5. The highest BCUT2D eigenvalue weighted by Gasteiger charge is 2.13. The van der Waals surface area contributed by atoms with Gasteiger partial charge in [-0.25, -0.2) is 4.68 Å². The second-order valence-electron chi connectivity index (χ2n) is 6.85. The van der Waals surface area contributed by atoms with E-state index in [0.717, 1.165) is 22.4 Å². The molecule has 0 fully saturated rings. The Labute approximate surface area is 183 Å². The molecule has 9 heteroatoms. The Kier molecular flexibility index (Phi) is 5.78. The van der Waals surface area contributed by atoms with Crippen molar-refractivity contribution in [2.24, 2.45) is 0 Å². The Hall–Kier alpha value is -3.23. The third-order valence-electron chi connectivity index (χ3n) is 4.55. The van der Waals surface area contributed by atoms with Crippen molar-refractivity contribution in [3.05, 3.63) is 81.8 Å². The van der Waals surface area contributed by atoms with Crippen LogP contribution in [0.2, 0.25) is 5.02 Å². The number of H-pyrrole nitrogens is 1. The van der Waals surface area contributed by atoms with Crippen molar-refractivity contribution in [3.8, 4) is 17.1 Å². The summed E-state index contributed by atoms with van der Waals surface area (Å²) < 4.78 is 3.83. The Morgan fingerprint density at radius 3 is 2.80 bits per heavy atom. The van der Waals surface area contributed by atoms with Crippen molar-refractivity contribution in [1.82, 2.24) is 29.9 Å². The number of aromatic amines is 1. The highest BCUT2D eigenvalue weighted by atomic mass is 35.5. The fourth-order valence-corrected chi connectivity index (χ4v) is 3.38. The van der Waals surface area contributed by atoms with Crippen LogP contribution in [0.15, 0.2) is 60.9 Å². The lowest BCUT2D eigenvalue weighted by atomic mass is 10.1. The quantitative estimate of drug-likeness (QED) is 0.444. The third-order valence-corrected chi connectivity index (χ3v) is 5.12. The number of benzene rings is 2. The molecule has 4 rings (SSSR count). The van der Waals surface area contributed by atoms with Crippen molar-refractivity contribution >= 4 is 29.7 Å². The molecule has 152 valence electrons. The van der Waals surface area contributed by atoms with Gasteiger partial charge in [0.25, 0.3) is 0 Å². The lowest BCUT2D eigenvalue weighted by molar-refractivity contribution is -0.121. The van der Waals surface area contributed by atoms with E-state index < -0.39 is 0 Å². The highest BCUT2D eigenvalue weighted by Crippen LogP contribution is 2.18. The van der Waals surface area contributed by atoms with E-state index in [2.05, 4.69) is 20.6 Å². The van der Waals surface area contributed by atoms with E-state index in [9.17, 15) is 4.79 Å². The minimum absolute atomic E-state index is 0.0733. The molecule has 2 heterocycles. The van der Waals surface area contributed by atoms with Crippen molar-refractivity contribution in [2.75, 3.05) is 0 Å². The number of nitrogens with one attached hydrogen (secondary N) is 2. The van der Waals surface area contributed by atoms with Crippen LogP contribution in [-0.4, -0.2) is 30.5 Å². The summed E-state index contributed by atoms with van der Waals surface area (Å²) in [6, 6.07) is 15.3. The number of nitrogens with zero attached hydrogens (tertiary/aromatic N) is 4. The summed E-state index contributed by atoms with van der Waals surface area (Å²) in [6.45, 7) is 2.44. The lowest BCUT2D eigenvalue weighted by Crippen LogP contribution is -2.27. The lowest BCUT2D eigenvalue weighted by Gasteiger charge is -2.08. The molecule has 0 spiro atoms. The molecule has 0 saturated carbocycles. The van der Waals surface area contributed by atoms with E-state index in [1.54, 1.807) is 27.6 Å². The van der Waals surface area contributed by atoms with Gasteiger partial charge in [0.15, 0.2) is 10.6 Å². The predicted octanol–water partition coefficient (Wildman–Crippen LogP) is 4.07. The zero-order valence-corrected chi connectivity index (χ0v) is 17.7. The number of carbonyl (C=O) groups is 1. The minimum Gasteiger partial charge on any atom is -0.350 e. The molecule has 0 radical (unpaired) electrons. The van der Waals surface area contributed by atoms with E-state index in [1.165, 1.54) is 0 Å². The van der Waals surface area contributed by atoms with Gasteiger partial charge in [-0.05, 0) is 49.5 Å². The molecule has 0 atom stereocenters. The van der Waals surface area contributed by atoms with E-state index in [0.29, 0.717) is 22.2 Å². The van der Waals surface area contributed by atoms with Crippen LogP contribution < -0.4 is 5.32 Å². The van der Waals surface area contributed by atoms with E-state index >= 15 is 0 Å². The molecule has 2 aromatic heterocycles. The zero-order chi connectivity index (χ0) is 21.1. The number of halogens is 1. The van der Waals surface area contributed by atoms with Crippen LogP contribution in [-0.2, 0) is 17.9 Å². The standard InChI is InChI=1S/C21H19ClN6OS/c1-14-3-2-4-16(9-14)20-25-26-21(30)27(20)13-19(29)23-10-15-11-24-28(12-15)18-7-5-17(22)6-8-18/h2-9,11-12H,10,13H2,1H3,(H,23,29)(H,26,30). The maximum atomic E-state index is 12.5. The average Bonchev–Trinajstić information content (AvgIpc) is 3.34. The molecule has 0 saturated heterocycles. The first-order valence-electron chi connectivity index (χ1n) is 9.28. The van der Waals surface area contributed by atoms with Crippen LogP contribution in [0.4, 0.5) is 0 Å². The molecule has 2 aromatic carbocycles. The van der Waals surface area contributed by atoms with Crippen LogP contribution in [0.3, 0.4) is 0 Å². The summed E-state index contributed by atoms with van der Waals surface area (Å²) in [5.74, 6) is 0.468. The summed E-state index contributed by atoms with van der Waals surface area (Å²) in [6.07, 6.45) is 3.59. The molecule has 4 aromatic rings. The summed E-state index contributed by atoms with van der Waals surface area (Å²) >= 11 is 11.2. The number of aromatic nitrogens is 5. The molecular weight excluding hydrogens is 420 g/mol. The van der Waals surface area contributed by atoms with Gasteiger partial charge in [0.05, 0.1) is 11.9 Å². The van der Waals surface area contributed by atoms with Gasteiger partial charge in [0.2, 0.25) is 5.91 Å². The Bertz CT molecular complexity index is 1240. The number of amides is 1. The van der Waals surface area contributed by atoms with Gasteiger partial charge in [0.1, 0.15) is 6.54 Å². The van der Waals surface area contributed by atoms with Gasteiger partial charge >= 0.3 is 0 Å². The molecule has 0 bridgehead atoms. The van der Waals surface area contributed by atoms with Crippen molar-refractivity contribution < 1.29 is 4.79 Å². The molecule has 0 aliphatic rings. The predicted molar refractivity (Wildman–Crippen MR) is 118 cm³/mol.